The molecule has 0 radical (unpaired) electrons. The van der Waals surface area contributed by atoms with Gasteiger partial charge < -0.3 is 19.7 Å². The first kappa shape index (κ1) is 16.4. The lowest BCUT2D eigenvalue weighted by Gasteiger charge is -2.16. The topological polar surface area (TPSA) is 76.0 Å². The minimum atomic E-state index is -0.880. The van der Waals surface area contributed by atoms with E-state index in [0.717, 1.165) is 5.56 Å². The van der Waals surface area contributed by atoms with Crippen LogP contribution in [0.2, 0.25) is 0 Å². The number of aliphatic hydroxyl groups is 1. The number of rotatable bonds is 6. The van der Waals surface area contributed by atoms with Crippen molar-refractivity contribution in [3.05, 3.63) is 60.9 Å². The predicted octanol–water partition coefficient (Wildman–Crippen LogP) is 3.44. The van der Waals surface area contributed by atoms with E-state index in [-0.39, 0.29) is 12.4 Å². The minimum absolute atomic E-state index is 0.101. The molecule has 0 heterocycles. The average Bonchev–Trinajstić information content (AvgIpc) is 2.53. The Labute approximate surface area is 134 Å². The number of phenolic OH excluding ortho intramolecular Hbond substituents is 1. The second-order valence-corrected chi connectivity index (χ2v) is 4.99. The summed E-state index contributed by atoms with van der Waals surface area (Å²) in [6.45, 7) is 4.85. The number of para-hydroxylation sites is 2. The number of aromatic hydroxyl groups is 1. The van der Waals surface area contributed by atoms with E-state index in [9.17, 15) is 9.90 Å². The monoisotopic (exact) mass is 314 g/mol. The lowest BCUT2D eigenvalue weighted by molar-refractivity contribution is -0.147. The van der Waals surface area contributed by atoms with Crippen molar-refractivity contribution in [2.75, 3.05) is 6.61 Å². The molecular weight excluding hydrogens is 296 g/mol. The van der Waals surface area contributed by atoms with Gasteiger partial charge in [0.2, 0.25) is 0 Å². The van der Waals surface area contributed by atoms with Gasteiger partial charge in [-0.1, -0.05) is 36.4 Å². The number of hydrogen-bond donors (Lipinski definition) is 2. The van der Waals surface area contributed by atoms with E-state index in [2.05, 4.69) is 6.58 Å². The normalized spacial score (nSPS) is 11.5. The highest BCUT2D eigenvalue weighted by Gasteiger charge is 2.14. The molecule has 0 aliphatic heterocycles. The van der Waals surface area contributed by atoms with Crippen LogP contribution in [0, 0.1) is 0 Å². The number of esters is 1. The number of carbonyl (C=O) groups excluding carboxylic acids is 1. The maximum absolute atomic E-state index is 11.2. The van der Waals surface area contributed by atoms with Gasteiger partial charge in [0.1, 0.15) is 24.2 Å². The van der Waals surface area contributed by atoms with E-state index in [1.54, 1.807) is 31.2 Å². The molecule has 0 saturated carbocycles. The molecule has 5 nitrogen and oxygen atoms in total. The molecule has 0 aliphatic rings. The van der Waals surface area contributed by atoms with Gasteiger partial charge in [0, 0.05) is 11.1 Å². The van der Waals surface area contributed by atoms with Crippen molar-refractivity contribution in [3.63, 3.8) is 0 Å². The highest BCUT2D eigenvalue weighted by atomic mass is 16.6. The maximum atomic E-state index is 11.2. The molecule has 0 saturated heterocycles. The fraction of sp³-hybridized carbons (Fsp3) is 0.167. The van der Waals surface area contributed by atoms with Gasteiger partial charge >= 0.3 is 5.97 Å². The van der Waals surface area contributed by atoms with E-state index < -0.39 is 17.8 Å². The first-order valence-electron chi connectivity index (χ1n) is 7.08. The fourth-order valence-electron chi connectivity index (χ4n) is 2.01. The van der Waals surface area contributed by atoms with E-state index in [1.165, 1.54) is 0 Å². The zero-order chi connectivity index (χ0) is 16.8. The Bertz CT molecular complexity index is 708. The van der Waals surface area contributed by atoms with Crippen LogP contribution in [-0.2, 0) is 9.53 Å². The summed E-state index contributed by atoms with van der Waals surface area (Å²) in [7, 11) is 0. The zero-order valence-corrected chi connectivity index (χ0v) is 12.7. The summed E-state index contributed by atoms with van der Waals surface area (Å²) >= 11 is 0. The molecule has 1 unspecified atom stereocenters. The molecule has 120 valence electrons. The van der Waals surface area contributed by atoms with Crippen molar-refractivity contribution >= 4 is 5.97 Å². The standard InChI is InChI=1S/C18H18O5/c1-12(23-18(21)13(2)19)11-22-17-10-6-4-8-15(17)14-7-3-5-9-16(14)20/h3-10,12,19-20H,2,11H2,1H3. The summed E-state index contributed by atoms with van der Waals surface area (Å²) < 4.78 is 10.6. The van der Waals surface area contributed by atoms with Crippen molar-refractivity contribution in [2.45, 2.75) is 13.0 Å². The van der Waals surface area contributed by atoms with Crippen molar-refractivity contribution in [1.29, 1.82) is 0 Å². The molecule has 0 fully saturated rings. The molecule has 0 bridgehead atoms. The van der Waals surface area contributed by atoms with Crippen LogP contribution in [0.1, 0.15) is 6.92 Å². The molecule has 2 aromatic carbocycles. The van der Waals surface area contributed by atoms with Crippen LogP contribution in [0.15, 0.2) is 60.9 Å². The van der Waals surface area contributed by atoms with E-state index >= 15 is 0 Å². The quantitative estimate of drug-likeness (QED) is 0.485. The third-order valence-electron chi connectivity index (χ3n) is 3.10. The van der Waals surface area contributed by atoms with Crippen LogP contribution < -0.4 is 4.74 Å². The van der Waals surface area contributed by atoms with Gasteiger partial charge in [-0.25, -0.2) is 4.79 Å². The molecule has 0 aliphatic carbocycles. The van der Waals surface area contributed by atoms with Crippen LogP contribution in [0.25, 0.3) is 11.1 Å². The number of hydrogen-bond acceptors (Lipinski definition) is 5. The molecule has 5 heteroatoms. The molecule has 2 N–H and O–H groups in total. The van der Waals surface area contributed by atoms with Crippen LogP contribution in [-0.4, -0.2) is 28.9 Å². The van der Waals surface area contributed by atoms with Crippen molar-refractivity contribution in [3.8, 4) is 22.6 Å². The Balaban J connectivity index is 2.11. The Kier molecular flexibility index (Phi) is 5.25. The fourth-order valence-corrected chi connectivity index (χ4v) is 2.01. The van der Waals surface area contributed by atoms with Gasteiger partial charge in [-0.15, -0.1) is 0 Å². The number of ether oxygens (including phenoxy) is 2. The molecule has 0 amide bonds. The lowest BCUT2D eigenvalue weighted by Crippen LogP contribution is -2.22. The molecular formula is C18H18O5. The number of aliphatic hydroxyl groups excluding tert-OH is 1. The summed E-state index contributed by atoms with van der Waals surface area (Å²) in [6.07, 6.45) is -0.566. The Morgan fingerprint density at radius 2 is 1.74 bits per heavy atom. The number of phenols is 1. The maximum Gasteiger partial charge on any atom is 0.373 e. The summed E-state index contributed by atoms with van der Waals surface area (Å²) in [4.78, 5) is 11.2. The molecule has 2 aromatic rings. The molecule has 1 atom stereocenters. The van der Waals surface area contributed by atoms with Gasteiger partial charge in [0.15, 0.2) is 5.76 Å². The minimum Gasteiger partial charge on any atom is -0.507 e. The second kappa shape index (κ2) is 7.35. The van der Waals surface area contributed by atoms with Crippen molar-refractivity contribution in [1.82, 2.24) is 0 Å². The highest BCUT2D eigenvalue weighted by Crippen LogP contribution is 2.35. The average molecular weight is 314 g/mol. The smallest absolute Gasteiger partial charge is 0.373 e. The summed E-state index contributed by atoms with van der Waals surface area (Å²) in [5.74, 6) is -0.819. The Morgan fingerprint density at radius 1 is 1.13 bits per heavy atom. The van der Waals surface area contributed by atoms with Crippen molar-refractivity contribution in [2.24, 2.45) is 0 Å². The third-order valence-corrected chi connectivity index (χ3v) is 3.10. The van der Waals surface area contributed by atoms with Gasteiger partial charge in [-0.2, -0.15) is 0 Å². The predicted molar refractivity (Wildman–Crippen MR) is 86.4 cm³/mol. The second-order valence-electron chi connectivity index (χ2n) is 4.99. The Hall–Kier alpha value is -2.95. The third kappa shape index (κ3) is 4.26. The Morgan fingerprint density at radius 3 is 2.39 bits per heavy atom. The number of carbonyl (C=O) groups is 1. The summed E-state index contributed by atoms with van der Waals surface area (Å²) in [5, 5.41) is 18.9. The van der Waals surface area contributed by atoms with E-state index in [1.807, 2.05) is 24.3 Å². The van der Waals surface area contributed by atoms with Crippen molar-refractivity contribution < 1.29 is 24.5 Å². The van der Waals surface area contributed by atoms with E-state index in [4.69, 9.17) is 14.6 Å². The van der Waals surface area contributed by atoms with Crippen LogP contribution >= 0.6 is 0 Å². The van der Waals surface area contributed by atoms with Crippen LogP contribution in [0.5, 0.6) is 11.5 Å². The van der Waals surface area contributed by atoms with Gasteiger partial charge in [0.25, 0.3) is 0 Å². The molecule has 23 heavy (non-hydrogen) atoms. The van der Waals surface area contributed by atoms with Gasteiger partial charge in [-0.3, -0.25) is 0 Å². The molecule has 2 rings (SSSR count). The zero-order valence-electron chi connectivity index (χ0n) is 12.7. The van der Waals surface area contributed by atoms with E-state index in [0.29, 0.717) is 11.3 Å². The molecule has 0 spiro atoms. The highest BCUT2D eigenvalue weighted by molar-refractivity contribution is 5.85. The van der Waals surface area contributed by atoms with Gasteiger partial charge in [-0.05, 0) is 25.6 Å². The first-order chi connectivity index (χ1) is 11.0. The van der Waals surface area contributed by atoms with Gasteiger partial charge in [0.05, 0.1) is 0 Å². The van der Waals surface area contributed by atoms with Crippen LogP contribution in [0.4, 0.5) is 0 Å². The first-order valence-corrected chi connectivity index (χ1v) is 7.08. The summed E-state index contributed by atoms with van der Waals surface area (Å²) in [6, 6.07) is 14.2. The number of benzene rings is 2. The summed E-state index contributed by atoms with van der Waals surface area (Å²) in [5.41, 5.74) is 1.38. The largest absolute Gasteiger partial charge is 0.507 e. The van der Waals surface area contributed by atoms with Crippen LogP contribution in [0.3, 0.4) is 0 Å². The SMILES string of the molecule is C=C(O)C(=O)OC(C)COc1ccccc1-c1ccccc1O. The lowest BCUT2D eigenvalue weighted by atomic mass is 10.0. The molecule has 0 aromatic heterocycles.